The fraction of sp³-hybridized carbons (Fsp3) is 0.176. The van der Waals surface area contributed by atoms with Crippen LogP contribution in [-0.2, 0) is 13.1 Å². The molecule has 0 aliphatic rings. The Labute approximate surface area is 152 Å². The Balaban J connectivity index is 1.70. The monoisotopic (exact) mass is 402 g/mol. The van der Waals surface area contributed by atoms with Crippen molar-refractivity contribution in [3.8, 4) is 11.4 Å². The van der Waals surface area contributed by atoms with Crippen molar-refractivity contribution in [3.63, 3.8) is 0 Å². The number of hydrogen-bond donors (Lipinski definition) is 0. The third-order valence-corrected chi connectivity index (χ3v) is 4.36. The molecule has 1 aromatic heterocycles. The smallest absolute Gasteiger partial charge is 0.270 e. The van der Waals surface area contributed by atoms with Crippen LogP contribution in [0.3, 0.4) is 0 Å². The van der Waals surface area contributed by atoms with E-state index in [9.17, 15) is 10.1 Å². The quantitative estimate of drug-likeness (QED) is 0.456. The number of benzene rings is 2. The highest BCUT2D eigenvalue weighted by Crippen LogP contribution is 2.22. The highest BCUT2D eigenvalue weighted by atomic mass is 79.9. The van der Waals surface area contributed by atoms with Crippen molar-refractivity contribution in [1.82, 2.24) is 15.0 Å². The summed E-state index contributed by atoms with van der Waals surface area (Å²) < 4.78 is 6.32. The zero-order valence-corrected chi connectivity index (χ0v) is 15.0. The SMILES string of the molecule is CN(Cc1nc(-c2cccc([N+](=O)[O-])c2)no1)Cc1ccccc1Br. The first-order chi connectivity index (χ1) is 12.0. The maximum absolute atomic E-state index is 10.9. The number of nitro groups is 1. The van der Waals surface area contributed by atoms with E-state index < -0.39 is 4.92 Å². The van der Waals surface area contributed by atoms with E-state index in [-0.39, 0.29) is 5.69 Å². The number of non-ortho nitro benzene ring substituents is 1. The Morgan fingerprint density at radius 3 is 2.76 bits per heavy atom. The molecule has 128 valence electrons. The molecule has 1 heterocycles. The summed E-state index contributed by atoms with van der Waals surface area (Å²) in [5.74, 6) is 0.795. The molecule has 0 unspecified atom stereocenters. The molecular weight excluding hydrogens is 388 g/mol. The average Bonchev–Trinajstić information content (AvgIpc) is 3.05. The van der Waals surface area contributed by atoms with E-state index in [4.69, 9.17) is 4.52 Å². The topological polar surface area (TPSA) is 85.3 Å². The van der Waals surface area contributed by atoms with Gasteiger partial charge in [-0.2, -0.15) is 4.98 Å². The maximum atomic E-state index is 10.9. The molecule has 0 aliphatic carbocycles. The maximum Gasteiger partial charge on any atom is 0.270 e. The van der Waals surface area contributed by atoms with E-state index in [1.165, 1.54) is 12.1 Å². The van der Waals surface area contributed by atoms with Crippen LogP contribution in [-0.4, -0.2) is 27.0 Å². The van der Waals surface area contributed by atoms with Crippen LogP contribution >= 0.6 is 15.9 Å². The van der Waals surface area contributed by atoms with Crippen molar-refractivity contribution >= 4 is 21.6 Å². The zero-order chi connectivity index (χ0) is 17.8. The number of hydrogen-bond acceptors (Lipinski definition) is 6. The summed E-state index contributed by atoms with van der Waals surface area (Å²) in [5, 5.41) is 14.8. The van der Waals surface area contributed by atoms with Gasteiger partial charge < -0.3 is 4.52 Å². The van der Waals surface area contributed by atoms with Gasteiger partial charge in [0.2, 0.25) is 11.7 Å². The lowest BCUT2D eigenvalue weighted by atomic mass is 10.2. The van der Waals surface area contributed by atoms with Crippen molar-refractivity contribution in [3.05, 3.63) is 74.6 Å². The third-order valence-electron chi connectivity index (χ3n) is 3.59. The third kappa shape index (κ3) is 4.28. The number of halogens is 1. The molecule has 0 saturated carbocycles. The second-order valence-corrected chi connectivity index (χ2v) is 6.44. The van der Waals surface area contributed by atoms with E-state index >= 15 is 0 Å². The highest BCUT2D eigenvalue weighted by Gasteiger charge is 2.14. The Bertz CT molecular complexity index is 897. The summed E-state index contributed by atoms with van der Waals surface area (Å²) in [7, 11) is 1.96. The van der Waals surface area contributed by atoms with Gasteiger partial charge in [0.15, 0.2) is 0 Å². The number of rotatable bonds is 6. The Morgan fingerprint density at radius 2 is 2.00 bits per heavy atom. The molecule has 3 rings (SSSR count). The fourth-order valence-corrected chi connectivity index (χ4v) is 2.81. The molecule has 8 heteroatoms. The molecule has 0 aliphatic heterocycles. The molecule has 0 fully saturated rings. The van der Waals surface area contributed by atoms with Gasteiger partial charge in [-0.15, -0.1) is 0 Å². The lowest BCUT2D eigenvalue weighted by molar-refractivity contribution is -0.384. The Kier molecular flexibility index (Phi) is 5.20. The number of aromatic nitrogens is 2. The lowest BCUT2D eigenvalue weighted by Gasteiger charge is -2.15. The molecule has 7 nitrogen and oxygen atoms in total. The second kappa shape index (κ2) is 7.54. The van der Waals surface area contributed by atoms with E-state index in [0.29, 0.717) is 23.8 Å². The fourth-order valence-electron chi connectivity index (χ4n) is 2.40. The van der Waals surface area contributed by atoms with Crippen molar-refractivity contribution in [2.45, 2.75) is 13.1 Å². The van der Waals surface area contributed by atoms with Crippen LogP contribution in [0.1, 0.15) is 11.5 Å². The van der Waals surface area contributed by atoms with Gasteiger partial charge in [0.1, 0.15) is 0 Å². The largest absolute Gasteiger partial charge is 0.338 e. The van der Waals surface area contributed by atoms with Gasteiger partial charge in [0.25, 0.3) is 5.69 Å². The predicted octanol–water partition coefficient (Wildman–Crippen LogP) is 4.04. The van der Waals surface area contributed by atoms with Gasteiger partial charge in [0.05, 0.1) is 11.5 Å². The molecule has 0 atom stereocenters. The van der Waals surface area contributed by atoms with Crippen molar-refractivity contribution in [2.24, 2.45) is 0 Å². The Morgan fingerprint density at radius 1 is 1.20 bits per heavy atom. The Hall–Kier alpha value is -2.58. The molecular formula is C17H15BrN4O3. The van der Waals surface area contributed by atoms with E-state index in [1.807, 2.05) is 36.2 Å². The summed E-state index contributed by atoms with van der Waals surface area (Å²) in [6.45, 7) is 1.19. The minimum absolute atomic E-state index is 0.00473. The molecule has 0 amide bonds. The van der Waals surface area contributed by atoms with E-state index in [0.717, 1.165) is 16.6 Å². The molecule has 0 saturated heterocycles. The van der Waals surface area contributed by atoms with Crippen LogP contribution in [0.2, 0.25) is 0 Å². The summed E-state index contributed by atoms with van der Waals surface area (Å²) in [5.41, 5.74) is 1.70. The summed E-state index contributed by atoms with van der Waals surface area (Å²) in [4.78, 5) is 16.8. The molecule has 0 N–H and O–H groups in total. The summed E-state index contributed by atoms with van der Waals surface area (Å²) in [6.07, 6.45) is 0. The van der Waals surface area contributed by atoms with Crippen LogP contribution in [0, 0.1) is 10.1 Å². The van der Waals surface area contributed by atoms with Crippen LogP contribution in [0.5, 0.6) is 0 Å². The van der Waals surface area contributed by atoms with Gasteiger partial charge in [0, 0.05) is 28.7 Å². The molecule has 3 aromatic rings. The number of nitro benzene ring substituents is 1. The van der Waals surface area contributed by atoms with Crippen LogP contribution < -0.4 is 0 Å². The molecule has 25 heavy (non-hydrogen) atoms. The van der Waals surface area contributed by atoms with Crippen molar-refractivity contribution in [1.29, 1.82) is 0 Å². The lowest BCUT2D eigenvalue weighted by Crippen LogP contribution is -2.17. The minimum Gasteiger partial charge on any atom is -0.338 e. The normalized spacial score (nSPS) is 11.0. The van der Waals surface area contributed by atoms with E-state index in [1.54, 1.807) is 12.1 Å². The average molecular weight is 403 g/mol. The highest BCUT2D eigenvalue weighted by molar-refractivity contribution is 9.10. The summed E-state index contributed by atoms with van der Waals surface area (Å²) >= 11 is 3.53. The first kappa shape index (κ1) is 17.2. The number of nitrogens with zero attached hydrogens (tertiary/aromatic N) is 4. The molecule has 0 radical (unpaired) electrons. The van der Waals surface area contributed by atoms with Gasteiger partial charge in [-0.3, -0.25) is 15.0 Å². The first-order valence-electron chi connectivity index (χ1n) is 7.52. The van der Waals surface area contributed by atoms with Gasteiger partial charge in [-0.05, 0) is 18.7 Å². The second-order valence-electron chi connectivity index (χ2n) is 5.58. The first-order valence-corrected chi connectivity index (χ1v) is 8.31. The van der Waals surface area contributed by atoms with Crippen LogP contribution in [0.15, 0.2) is 57.5 Å². The van der Waals surface area contributed by atoms with Gasteiger partial charge in [-0.25, -0.2) is 0 Å². The van der Waals surface area contributed by atoms with E-state index in [2.05, 4.69) is 26.1 Å². The molecule has 2 aromatic carbocycles. The zero-order valence-electron chi connectivity index (χ0n) is 13.4. The minimum atomic E-state index is -0.448. The van der Waals surface area contributed by atoms with Gasteiger partial charge >= 0.3 is 0 Å². The van der Waals surface area contributed by atoms with Crippen molar-refractivity contribution < 1.29 is 9.45 Å². The van der Waals surface area contributed by atoms with Gasteiger partial charge in [-0.1, -0.05) is 51.4 Å². The standard InChI is InChI=1S/C17H15BrN4O3/c1-21(10-13-5-2-3-8-15(13)18)11-16-19-17(20-25-16)12-6-4-7-14(9-12)22(23)24/h2-9H,10-11H2,1H3. The summed E-state index contributed by atoms with van der Waals surface area (Å²) in [6, 6.07) is 14.2. The van der Waals surface area contributed by atoms with Crippen LogP contribution in [0.4, 0.5) is 5.69 Å². The predicted molar refractivity (Wildman–Crippen MR) is 95.7 cm³/mol. The molecule has 0 spiro atoms. The van der Waals surface area contributed by atoms with Crippen molar-refractivity contribution in [2.75, 3.05) is 7.05 Å². The molecule has 0 bridgehead atoms. The van der Waals surface area contributed by atoms with Crippen LogP contribution in [0.25, 0.3) is 11.4 Å².